The molecule has 5 nitrogen and oxygen atoms in total. The summed E-state index contributed by atoms with van der Waals surface area (Å²) in [6, 6.07) is -0.0805. The van der Waals surface area contributed by atoms with Crippen molar-refractivity contribution >= 4 is 11.8 Å². The highest BCUT2D eigenvalue weighted by molar-refractivity contribution is 5.81. The molecule has 1 saturated heterocycles. The van der Waals surface area contributed by atoms with E-state index in [0.717, 1.165) is 25.8 Å². The molecule has 1 aliphatic rings. The number of carbonyl (C=O) groups excluding carboxylic acids is 2. The number of primary amides is 1. The van der Waals surface area contributed by atoms with E-state index in [1.165, 1.54) is 0 Å². The van der Waals surface area contributed by atoms with Crippen LogP contribution in [0.2, 0.25) is 0 Å². The number of likely N-dealkylation sites (N-methyl/N-ethyl adjacent to an activating group) is 1. The van der Waals surface area contributed by atoms with Gasteiger partial charge in [0, 0.05) is 20.0 Å². The molecule has 1 atom stereocenters. The molecule has 0 aliphatic carbocycles. The summed E-state index contributed by atoms with van der Waals surface area (Å²) in [5.74, 6) is -0.268. The first kappa shape index (κ1) is 12.0. The van der Waals surface area contributed by atoms with Gasteiger partial charge >= 0.3 is 0 Å². The lowest BCUT2D eigenvalue weighted by atomic mass is 10.0. The van der Waals surface area contributed by atoms with Crippen LogP contribution in [0.15, 0.2) is 0 Å². The number of piperidine rings is 1. The van der Waals surface area contributed by atoms with Gasteiger partial charge in [0.15, 0.2) is 0 Å². The first-order valence-electron chi connectivity index (χ1n) is 5.39. The predicted molar refractivity (Wildman–Crippen MR) is 57.1 cm³/mol. The van der Waals surface area contributed by atoms with Crippen LogP contribution < -0.4 is 11.1 Å². The lowest BCUT2D eigenvalue weighted by molar-refractivity contribution is -0.128. The molecule has 0 radical (unpaired) electrons. The maximum absolute atomic E-state index is 11.6. The third-order valence-electron chi connectivity index (χ3n) is 2.81. The lowest BCUT2D eigenvalue weighted by Crippen LogP contribution is -2.49. The van der Waals surface area contributed by atoms with Crippen LogP contribution in [0.5, 0.6) is 0 Å². The number of hydrogen-bond acceptors (Lipinski definition) is 3. The Morgan fingerprint density at radius 1 is 1.47 bits per heavy atom. The van der Waals surface area contributed by atoms with E-state index in [2.05, 4.69) is 5.32 Å². The summed E-state index contributed by atoms with van der Waals surface area (Å²) in [5.41, 5.74) is 5.10. The van der Waals surface area contributed by atoms with Gasteiger partial charge in [-0.15, -0.1) is 0 Å². The Kier molecular flexibility index (Phi) is 4.55. The highest BCUT2D eigenvalue weighted by Gasteiger charge is 2.27. The van der Waals surface area contributed by atoms with Gasteiger partial charge < -0.3 is 11.1 Å². The minimum Gasteiger partial charge on any atom is -0.370 e. The highest BCUT2D eigenvalue weighted by Crippen LogP contribution is 2.17. The van der Waals surface area contributed by atoms with Gasteiger partial charge in [-0.25, -0.2) is 0 Å². The van der Waals surface area contributed by atoms with Crippen LogP contribution in [0, 0.1) is 0 Å². The molecule has 1 fully saturated rings. The van der Waals surface area contributed by atoms with Crippen LogP contribution in [0.1, 0.15) is 25.7 Å². The van der Waals surface area contributed by atoms with Gasteiger partial charge in [-0.1, -0.05) is 6.42 Å². The fourth-order valence-electron chi connectivity index (χ4n) is 1.98. The molecule has 3 N–H and O–H groups in total. The average molecular weight is 213 g/mol. The number of nitrogens with zero attached hydrogens (tertiary/aromatic N) is 1. The van der Waals surface area contributed by atoms with Gasteiger partial charge in [0.25, 0.3) is 0 Å². The normalized spacial score (nSPS) is 22.3. The van der Waals surface area contributed by atoms with E-state index in [1.54, 1.807) is 7.05 Å². The molecule has 0 aromatic heterocycles. The van der Waals surface area contributed by atoms with Crippen molar-refractivity contribution in [3.8, 4) is 0 Å². The summed E-state index contributed by atoms with van der Waals surface area (Å²) in [6.07, 6.45) is 3.36. The molecule has 1 heterocycles. The Labute approximate surface area is 90.0 Å². The predicted octanol–water partition coefficient (Wildman–Crippen LogP) is -0.538. The molecule has 0 aromatic rings. The summed E-state index contributed by atoms with van der Waals surface area (Å²) in [7, 11) is 1.64. The van der Waals surface area contributed by atoms with Crippen LogP contribution in [0.4, 0.5) is 0 Å². The maximum Gasteiger partial charge on any atom is 0.237 e. The summed E-state index contributed by atoms with van der Waals surface area (Å²) < 4.78 is 0. The highest BCUT2D eigenvalue weighted by atomic mass is 16.2. The van der Waals surface area contributed by atoms with E-state index in [4.69, 9.17) is 5.73 Å². The molecule has 86 valence electrons. The zero-order valence-electron chi connectivity index (χ0n) is 9.16. The largest absolute Gasteiger partial charge is 0.370 e. The van der Waals surface area contributed by atoms with Gasteiger partial charge in [-0.2, -0.15) is 0 Å². The monoisotopic (exact) mass is 213 g/mol. The van der Waals surface area contributed by atoms with E-state index >= 15 is 0 Å². The molecular formula is C10H19N3O2. The van der Waals surface area contributed by atoms with Crippen molar-refractivity contribution < 1.29 is 9.59 Å². The quantitative estimate of drug-likeness (QED) is 0.658. The van der Waals surface area contributed by atoms with Crippen LogP contribution in [-0.2, 0) is 9.59 Å². The number of amides is 2. The zero-order valence-corrected chi connectivity index (χ0v) is 9.16. The molecule has 15 heavy (non-hydrogen) atoms. The van der Waals surface area contributed by atoms with Gasteiger partial charge in [-0.05, 0) is 19.4 Å². The molecule has 5 heteroatoms. The summed E-state index contributed by atoms with van der Waals surface area (Å²) in [6.45, 7) is 1.47. The van der Waals surface area contributed by atoms with Crippen molar-refractivity contribution in [1.82, 2.24) is 10.2 Å². The number of rotatable bonds is 4. The Hall–Kier alpha value is -1.10. The van der Waals surface area contributed by atoms with Gasteiger partial charge in [-0.3, -0.25) is 14.5 Å². The van der Waals surface area contributed by atoms with Crippen molar-refractivity contribution in [2.75, 3.05) is 20.1 Å². The Morgan fingerprint density at radius 2 is 2.20 bits per heavy atom. The number of carbonyl (C=O) groups is 2. The van der Waals surface area contributed by atoms with Crippen LogP contribution in [0.3, 0.4) is 0 Å². The number of hydrogen-bond donors (Lipinski definition) is 2. The smallest absolute Gasteiger partial charge is 0.237 e. The second-order valence-electron chi connectivity index (χ2n) is 3.88. The van der Waals surface area contributed by atoms with E-state index in [1.807, 2.05) is 4.90 Å². The lowest BCUT2D eigenvalue weighted by Gasteiger charge is -2.33. The average Bonchev–Trinajstić information content (AvgIpc) is 2.25. The first-order valence-corrected chi connectivity index (χ1v) is 5.39. The molecule has 0 saturated carbocycles. The van der Waals surface area contributed by atoms with Crippen molar-refractivity contribution in [2.24, 2.45) is 5.73 Å². The number of likely N-dealkylation sites (tertiary alicyclic amines) is 1. The Bertz CT molecular complexity index is 243. The Morgan fingerprint density at radius 3 is 2.80 bits per heavy atom. The summed E-state index contributed by atoms with van der Waals surface area (Å²) >= 11 is 0. The Balaban J connectivity index is 2.49. The van der Waals surface area contributed by atoms with E-state index in [9.17, 15) is 9.59 Å². The third kappa shape index (κ3) is 3.51. The molecule has 1 unspecified atom stereocenters. The number of nitrogens with one attached hydrogen (secondary N) is 1. The zero-order chi connectivity index (χ0) is 11.3. The topological polar surface area (TPSA) is 75.4 Å². The molecule has 0 spiro atoms. The molecule has 0 bridgehead atoms. The van der Waals surface area contributed by atoms with Gasteiger partial charge in [0.2, 0.25) is 11.8 Å². The van der Waals surface area contributed by atoms with E-state index in [-0.39, 0.29) is 17.9 Å². The second-order valence-corrected chi connectivity index (χ2v) is 3.88. The molecule has 1 aliphatic heterocycles. The van der Waals surface area contributed by atoms with Crippen LogP contribution >= 0.6 is 0 Å². The standard InChI is InChI=1S/C10H19N3O2/c1-12-10(15)8-4-2-3-6-13(8)7-5-9(11)14/h8H,2-7H2,1H3,(H2,11,14)(H,12,15). The van der Waals surface area contributed by atoms with Crippen LogP contribution in [-0.4, -0.2) is 42.9 Å². The van der Waals surface area contributed by atoms with Crippen molar-refractivity contribution in [1.29, 1.82) is 0 Å². The third-order valence-corrected chi connectivity index (χ3v) is 2.81. The fraction of sp³-hybridized carbons (Fsp3) is 0.800. The summed E-state index contributed by atoms with van der Waals surface area (Å²) in [5, 5.41) is 2.66. The van der Waals surface area contributed by atoms with Gasteiger partial charge in [0.05, 0.1) is 6.04 Å². The minimum atomic E-state index is -0.309. The molecule has 2 amide bonds. The SMILES string of the molecule is CNC(=O)C1CCCCN1CCC(N)=O. The fourth-order valence-corrected chi connectivity index (χ4v) is 1.98. The minimum absolute atomic E-state index is 0.0409. The maximum atomic E-state index is 11.6. The van der Waals surface area contributed by atoms with E-state index < -0.39 is 0 Å². The van der Waals surface area contributed by atoms with Crippen molar-refractivity contribution in [3.05, 3.63) is 0 Å². The van der Waals surface area contributed by atoms with E-state index in [0.29, 0.717) is 13.0 Å². The molecule has 1 rings (SSSR count). The van der Waals surface area contributed by atoms with Gasteiger partial charge in [0.1, 0.15) is 0 Å². The van der Waals surface area contributed by atoms with Crippen molar-refractivity contribution in [2.45, 2.75) is 31.7 Å². The summed E-state index contributed by atoms with van der Waals surface area (Å²) in [4.78, 5) is 24.3. The molecular weight excluding hydrogens is 194 g/mol. The first-order chi connectivity index (χ1) is 7.15. The second kappa shape index (κ2) is 5.70. The molecule has 0 aromatic carbocycles. The van der Waals surface area contributed by atoms with Crippen LogP contribution in [0.25, 0.3) is 0 Å². The van der Waals surface area contributed by atoms with Crippen molar-refractivity contribution in [3.63, 3.8) is 0 Å². The number of nitrogens with two attached hydrogens (primary N) is 1.